The molecule has 4 saturated carbocycles. The van der Waals surface area contributed by atoms with Crippen LogP contribution in [0.15, 0.2) is 0 Å². The van der Waals surface area contributed by atoms with E-state index >= 15 is 0 Å². The van der Waals surface area contributed by atoms with E-state index in [2.05, 4.69) is 6.92 Å². The van der Waals surface area contributed by atoms with Crippen LogP contribution in [0.1, 0.15) is 75.7 Å². The summed E-state index contributed by atoms with van der Waals surface area (Å²) < 4.78 is 25.1. The van der Waals surface area contributed by atoms with Gasteiger partial charge in [-0.05, 0) is 79.4 Å². The van der Waals surface area contributed by atoms with E-state index in [9.17, 15) is 9.90 Å². The zero-order valence-electron chi connectivity index (χ0n) is 16.1. The number of Topliss-reactive ketones (excluding diaryl/α,β-unsaturated/α-hetero) is 1. The molecule has 0 aromatic carbocycles. The second kappa shape index (κ2) is 4.57. The Labute approximate surface area is 132 Å². The molecule has 0 heterocycles. The van der Waals surface area contributed by atoms with Crippen molar-refractivity contribution in [1.82, 2.24) is 0 Å². The number of carbonyl (C=O) groups is 1. The molecule has 0 unspecified atom stereocenters. The van der Waals surface area contributed by atoms with E-state index in [1.165, 1.54) is 0 Å². The van der Waals surface area contributed by atoms with Gasteiger partial charge in [-0.25, -0.2) is 0 Å². The molecule has 4 rings (SSSR count). The molecular weight excluding hydrogens is 260 g/mol. The summed E-state index contributed by atoms with van der Waals surface area (Å²) in [5, 5.41) is 10.5. The highest BCUT2D eigenvalue weighted by Crippen LogP contribution is 2.65. The molecule has 1 N–H and O–H groups in total. The van der Waals surface area contributed by atoms with Gasteiger partial charge in [-0.15, -0.1) is 0 Å². The molecule has 7 atom stereocenters. The van der Waals surface area contributed by atoms with Crippen molar-refractivity contribution >= 4 is 5.78 Å². The minimum Gasteiger partial charge on any atom is -0.393 e. The largest absolute Gasteiger partial charge is 0.393 e. The molecule has 0 bridgehead atoms. The Morgan fingerprint density at radius 3 is 2.71 bits per heavy atom. The maximum atomic E-state index is 12.0. The van der Waals surface area contributed by atoms with Crippen molar-refractivity contribution < 1.29 is 14.0 Å². The Morgan fingerprint density at radius 1 is 1.10 bits per heavy atom. The van der Waals surface area contributed by atoms with Crippen LogP contribution in [-0.4, -0.2) is 17.0 Å². The summed E-state index contributed by atoms with van der Waals surface area (Å²) in [6.07, 6.45) is 6.96. The molecule has 4 aliphatic rings. The normalized spacial score (nSPS) is 59.2. The first-order valence-corrected chi connectivity index (χ1v) is 8.90. The van der Waals surface area contributed by atoms with E-state index in [1.54, 1.807) is 0 Å². The standard InChI is InChI=1S/C19H30O2/c1-18-9-7-13(20)11-12(18)3-4-14-15-5-6-17(21)19(15,2)10-8-16(14)18/h12,14-17,21H,3-11H2,1-2H3/t12-,14-,15-,16-,17-,18-,19-/m0/s1/i1D3. The second-order valence-corrected chi connectivity index (χ2v) is 8.57. The summed E-state index contributed by atoms with van der Waals surface area (Å²) in [6.45, 7) is 0.247. The van der Waals surface area contributed by atoms with Gasteiger partial charge in [-0.3, -0.25) is 4.79 Å². The Hall–Kier alpha value is -0.370. The molecule has 2 heteroatoms. The quantitative estimate of drug-likeness (QED) is 0.734. The third kappa shape index (κ3) is 1.84. The number of aliphatic hydroxyl groups excluding tert-OH is 1. The number of hydrogen-bond acceptors (Lipinski definition) is 2. The number of hydrogen-bond donors (Lipinski definition) is 1. The van der Waals surface area contributed by atoms with Gasteiger partial charge in [0.05, 0.1) is 6.10 Å². The van der Waals surface area contributed by atoms with Crippen LogP contribution in [0.25, 0.3) is 0 Å². The van der Waals surface area contributed by atoms with Gasteiger partial charge < -0.3 is 5.11 Å². The monoisotopic (exact) mass is 293 g/mol. The predicted molar refractivity (Wildman–Crippen MR) is 82.7 cm³/mol. The Kier molecular flexibility index (Phi) is 2.44. The third-order valence-corrected chi connectivity index (χ3v) is 7.92. The van der Waals surface area contributed by atoms with Gasteiger partial charge in [0.1, 0.15) is 5.78 Å². The molecule has 4 fully saturated rings. The average Bonchev–Trinajstić information content (AvgIpc) is 2.81. The lowest BCUT2D eigenvalue weighted by atomic mass is 9.45. The van der Waals surface area contributed by atoms with Crippen molar-refractivity contribution in [2.45, 2.75) is 77.7 Å². The van der Waals surface area contributed by atoms with Crippen LogP contribution in [0.3, 0.4) is 0 Å². The highest BCUT2D eigenvalue weighted by molar-refractivity contribution is 5.79. The van der Waals surface area contributed by atoms with Gasteiger partial charge in [0, 0.05) is 17.0 Å². The van der Waals surface area contributed by atoms with Gasteiger partial charge in [0.2, 0.25) is 0 Å². The summed E-state index contributed by atoms with van der Waals surface area (Å²) >= 11 is 0. The highest BCUT2D eigenvalue weighted by Gasteiger charge is 2.59. The van der Waals surface area contributed by atoms with E-state index in [0.29, 0.717) is 31.1 Å². The zero-order valence-corrected chi connectivity index (χ0v) is 13.1. The molecule has 0 aromatic heterocycles. The van der Waals surface area contributed by atoms with Crippen molar-refractivity contribution in [3.8, 4) is 0 Å². The van der Waals surface area contributed by atoms with Crippen LogP contribution in [-0.2, 0) is 4.79 Å². The van der Waals surface area contributed by atoms with E-state index in [1.807, 2.05) is 0 Å². The molecule has 0 aliphatic heterocycles. The fourth-order valence-corrected chi connectivity index (χ4v) is 6.65. The van der Waals surface area contributed by atoms with Crippen LogP contribution in [0.2, 0.25) is 0 Å². The second-order valence-electron chi connectivity index (χ2n) is 8.57. The Bertz CT molecular complexity index is 545. The van der Waals surface area contributed by atoms with Crippen LogP contribution >= 0.6 is 0 Å². The van der Waals surface area contributed by atoms with Crippen LogP contribution in [0.4, 0.5) is 0 Å². The third-order valence-electron chi connectivity index (χ3n) is 7.92. The van der Waals surface area contributed by atoms with Crippen molar-refractivity contribution in [3.63, 3.8) is 0 Å². The van der Waals surface area contributed by atoms with Crippen LogP contribution < -0.4 is 0 Å². The van der Waals surface area contributed by atoms with E-state index < -0.39 is 12.3 Å². The number of aliphatic hydroxyl groups is 1. The smallest absolute Gasteiger partial charge is 0.133 e. The summed E-state index contributed by atoms with van der Waals surface area (Å²) in [6, 6.07) is 0. The lowest BCUT2D eigenvalue weighted by Crippen LogP contribution is -2.54. The SMILES string of the molecule is [2H]C([2H])([2H])[C@]12CCC(=O)C[C@@H]1CC[C@H]1[C@@H]3CC[C@H](O)[C@@]3(C)CC[C@@H]12. The molecule has 0 radical (unpaired) electrons. The lowest BCUT2D eigenvalue weighted by Gasteiger charge is -2.60. The van der Waals surface area contributed by atoms with E-state index in [-0.39, 0.29) is 29.1 Å². The Morgan fingerprint density at radius 2 is 1.90 bits per heavy atom. The average molecular weight is 293 g/mol. The molecular formula is C19H30O2. The first kappa shape index (κ1) is 11.2. The summed E-state index contributed by atoms with van der Waals surface area (Å²) in [5.74, 6) is 1.40. The summed E-state index contributed by atoms with van der Waals surface area (Å²) in [5.41, 5.74) is -0.673. The topological polar surface area (TPSA) is 37.3 Å². The summed E-state index contributed by atoms with van der Waals surface area (Å²) in [7, 11) is 0. The number of rotatable bonds is 0. The van der Waals surface area contributed by atoms with Gasteiger partial charge in [0.15, 0.2) is 0 Å². The molecule has 4 aliphatic carbocycles. The minimum atomic E-state index is -1.98. The van der Waals surface area contributed by atoms with Crippen molar-refractivity contribution in [3.05, 3.63) is 0 Å². The van der Waals surface area contributed by atoms with Gasteiger partial charge in [0.25, 0.3) is 0 Å². The van der Waals surface area contributed by atoms with Crippen molar-refractivity contribution in [2.75, 3.05) is 0 Å². The maximum Gasteiger partial charge on any atom is 0.133 e. The van der Waals surface area contributed by atoms with E-state index in [4.69, 9.17) is 4.11 Å². The summed E-state index contributed by atoms with van der Waals surface area (Å²) in [4.78, 5) is 12.0. The van der Waals surface area contributed by atoms with Crippen molar-refractivity contribution in [2.24, 2.45) is 34.5 Å². The number of ketones is 1. The minimum absolute atomic E-state index is 0.0194. The lowest BCUT2D eigenvalue weighted by molar-refractivity contribution is -0.141. The molecule has 2 nitrogen and oxygen atoms in total. The molecule has 21 heavy (non-hydrogen) atoms. The molecule has 0 spiro atoms. The van der Waals surface area contributed by atoms with Gasteiger partial charge >= 0.3 is 0 Å². The highest BCUT2D eigenvalue weighted by atomic mass is 16.3. The Balaban J connectivity index is 1.73. The van der Waals surface area contributed by atoms with Crippen LogP contribution in [0.5, 0.6) is 0 Å². The fourth-order valence-electron chi connectivity index (χ4n) is 6.65. The first-order valence-electron chi connectivity index (χ1n) is 10.4. The van der Waals surface area contributed by atoms with Crippen molar-refractivity contribution in [1.29, 1.82) is 0 Å². The number of carbonyl (C=O) groups excluding carboxylic acids is 1. The van der Waals surface area contributed by atoms with Gasteiger partial charge in [-0.1, -0.05) is 13.8 Å². The molecule has 0 aromatic rings. The predicted octanol–water partition coefficient (Wildman–Crippen LogP) is 3.96. The molecule has 118 valence electrons. The van der Waals surface area contributed by atoms with Gasteiger partial charge in [-0.2, -0.15) is 0 Å². The fraction of sp³-hybridized carbons (Fsp3) is 0.947. The molecule has 0 saturated heterocycles. The molecule has 0 amide bonds. The van der Waals surface area contributed by atoms with E-state index in [0.717, 1.165) is 38.5 Å². The maximum absolute atomic E-state index is 12.0. The zero-order chi connectivity index (χ0) is 17.3. The first-order chi connectivity index (χ1) is 11.2. The van der Waals surface area contributed by atoms with Crippen LogP contribution in [0, 0.1) is 34.5 Å². The number of fused-ring (bicyclic) bond motifs is 5.